The van der Waals surface area contributed by atoms with Crippen LogP contribution in [0.4, 0.5) is 8.78 Å². The van der Waals surface area contributed by atoms with Crippen LogP contribution in [0.15, 0.2) is 0 Å². The number of hydrogen-bond donors (Lipinski definition) is 0. The number of hydroxylamine groups is 2. The predicted octanol–water partition coefficient (Wildman–Crippen LogP) is 6.58. The van der Waals surface area contributed by atoms with Crippen LogP contribution >= 0.6 is 0 Å². The van der Waals surface area contributed by atoms with E-state index in [0.717, 1.165) is 27.2 Å². The Morgan fingerprint density at radius 2 is 1.10 bits per heavy atom. The molecule has 1 aliphatic heterocycles. The van der Waals surface area contributed by atoms with Crippen LogP contribution in [0.5, 0.6) is 0 Å². The molecule has 0 spiro atoms. The number of methoxy groups -OCH3 is 1. The van der Waals surface area contributed by atoms with Crippen LogP contribution in [0.25, 0.3) is 0 Å². The molecule has 0 bridgehead atoms. The maximum atomic E-state index is 15.7. The minimum atomic E-state index is -3.78. The molecule has 12 nitrogen and oxygen atoms in total. The van der Waals surface area contributed by atoms with Gasteiger partial charge in [0, 0.05) is 71.6 Å². The molecule has 1 heterocycles. The van der Waals surface area contributed by atoms with E-state index in [9.17, 15) is 24.4 Å². The number of rotatable bonds is 19. The molecule has 0 aromatic carbocycles. The average molecular weight is 705 g/mol. The molecule has 1 aliphatic rings. The van der Waals surface area contributed by atoms with Gasteiger partial charge in [-0.05, 0) is 74.1 Å². The van der Waals surface area contributed by atoms with Crippen LogP contribution in [0, 0.1) is 16.7 Å². The molecule has 5 atom stereocenters. The zero-order valence-corrected chi connectivity index (χ0v) is 31.4. The van der Waals surface area contributed by atoms with Crippen molar-refractivity contribution in [3.8, 4) is 6.07 Å². The first-order valence-corrected chi connectivity index (χ1v) is 16.8. The Bertz CT molecular complexity index is 1170. The summed E-state index contributed by atoms with van der Waals surface area (Å²) in [4.78, 5) is 53.9. The van der Waals surface area contributed by atoms with Crippen molar-refractivity contribution in [2.24, 2.45) is 5.41 Å². The first-order valence-electron chi connectivity index (χ1n) is 16.8. The van der Waals surface area contributed by atoms with Gasteiger partial charge in [-0.2, -0.15) is 19.1 Å². The van der Waals surface area contributed by atoms with Gasteiger partial charge < -0.3 is 23.7 Å². The molecule has 1 fully saturated rings. The molecular formula is C35H58F2N2O10. The number of hydrogen-bond acceptors (Lipinski definition) is 12. The summed E-state index contributed by atoms with van der Waals surface area (Å²) < 4.78 is 58.7. The van der Waals surface area contributed by atoms with Gasteiger partial charge in [-0.1, -0.05) is 0 Å². The van der Waals surface area contributed by atoms with Crippen LogP contribution < -0.4 is 0 Å². The van der Waals surface area contributed by atoms with Gasteiger partial charge in [0.05, 0.1) is 23.5 Å². The molecule has 282 valence electrons. The smallest absolute Gasteiger partial charge is 0.374 e. The fourth-order valence-electron chi connectivity index (χ4n) is 6.88. The molecule has 5 unspecified atom stereocenters. The van der Waals surface area contributed by atoms with E-state index in [1.807, 2.05) is 41.5 Å². The summed E-state index contributed by atoms with van der Waals surface area (Å²) in [6.45, 7) is 17.2. The van der Waals surface area contributed by atoms with E-state index in [1.54, 1.807) is 6.92 Å². The highest BCUT2D eigenvalue weighted by atomic mass is 19.3. The van der Waals surface area contributed by atoms with Crippen LogP contribution in [0.3, 0.4) is 0 Å². The minimum Gasteiger partial charge on any atom is -0.462 e. The fraction of sp³-hybridized carbons (Fsp3) is 0.857. The first kappa shape index (κ1) is 44.1. The van der Waals surface area contributed by atoms with E-state index in [4.69, 9.17) is 28.5 Å². The second kappa shape index (κ2) is 17.9. The number of carbonyl (C=O) groups excluding carboxylic acids is 4. The van der Waals surface area contributed by atoms with Crippen molar-refractivity contribution < 1.29 is 56.5 Å². The van der Waals surface area contributed by atoms with Gasteiger partial charge in [-0.3, -0.25) is 19.2 Å². The van der Waals surface area contributed by atoms with Crippen LogP contribution in [-0.2, 0) is 47.7 Å². The standard InChI is InChI=1S/C35H58F2N2O10/c1-23(40)45-27(17-29(47-25(3)42)19-34(11,22-38)21-33(9,10)44-12)16-28(46-24(2)41)18-30(48-26(4)43)20-35(36,37)49-39-31(5,6)14-13-15-32(39,7)8/h27-30H,13-21H2,1-12H3. The average Bonchev–Trinajstić information content (AvgIpc) is 2.88. The molecule has 0 aromatic heterocycles. The summed E-state index contributed by atoms with van der Waals surface area (Å²) >= 11 is 0. The molecule has 1 saturated heterocycles. The zero-order valence-electron chi connectivity index (χ0n) is 31.4. The van der Waals surface area contributed by atoms with E-state index >= 15 is 8.78 Å². The lowest BCUT2D eigenvalue weighted by Gasteiger charge is -2.52. The summed E-state index contributed by atoms with van der Waals surface area (Å²) in [7, 11) is 1.52. The molecular weight excluding hydrogens is 646 g/mol. The SMILES string of the molecule is COC(C)(C)CC(C)(C#N)CC(CC(CC(CC(CC(F)(F)ON1C(C)(C)CCCC1(C)C)OC(C)=O)OC(C)=O)OC(C)=O)OC(C)=O. The maximum Gasteiger partial charge on any atom is 0.374 e. The summed E-state index contributed by atoms with van der Waals surface area (Å²) in [5.74, 6) is -2.91. The summed E-state index contributed by atoms with van der Waals surface area (Å²) in [5.41, 5.74) is -3.10. The number of piperidine rings is 1. The van der Waals surface area contributed by atoms with E-state index in [0.29, 0.717) is 12.8 Å². The van der Waals surface area contributed by atoms with Crippen LogP contribution in [0.2, 0.25) is 0 Å². The molecule has 0 radical (unpaired) electrons. The van der Waals surface area contributed by atoms with Gasteiger partial charge in [0.15, 0.2) is 0 Å². The number of nitriles is 1. The van der Waals surface area contributed by atoms with Crippen molar-refractivity contribution >= 4 is 23.9 Å². The van der Waals surface area contributed by atoms with E-state index in [2.05, 4.69) is 6.07 Å². The van der Waals surface area contributed by atoms with Gasteiger partial charge in [-0.15, -0.1) is 0 Å². The Labute approximate surface area is 290 Å². The summed E-state index contributed by atoms with van der Waals surface area (Å²) in [6.07, 6.45) is -7.66. The summed E-state index contributed by atoms with van der Waals surface area (Å²) in [5, 5.41) is 11.4. The lowest BCUT2D eigenvalue weighted by atomic mass is 9.76. The van der Waals surface area contributed by atoms with Crippen molar-refractivity contribution in [3.05, 3.63) is 0 Å². The molecule has 0 aliphatic carbocycles. The Morgan fingerprint density at radius 3 is 1.47 bits per heavy atom. The van der Waals surface area contributed by atoms with Gasteiger partial charge in [0.1, 0.15) is 24.4 Å². The Balaban J connectivity index is 3.36. The second-order valence-corrected chi connectivity index (χ2v) is 15.4. The lowest BCUT2D eigenvalue weighted by molar-refractivity contribution is -0.414. The molecule has 0 amide bonds. The Morgan fingerprint density at radius 1 is 0.735 bits per heavy atom. The van der Waals surface area contributed by atoms with Crippen LogP contribution in [-0.4, -0.2) is 83.3 Å². The quantitative estimate of drug-likeness (QED) is 0.106. The number of nitrogens with zero attached hydrogens (tertiary/aromatic N) is 2. The third kappa shape index (κ3) is 16.1. The molecule has 0 saturated carbocycles. The highest BCUT2D eigenvalue weighted by Crippen LogP contribution is 2.42. The third-order valence-corrected chi connectivity index (χ3v) is 8.59. The Hall–Kier alpha value is -2.89. The minimum absolute atomic E-state index is 0.0503. The molecule has 0 N–H and O–H groups in total. The van der Waals surface area contributed by atoms with Crippen LogP contribution in [0.1, 0.15) is 134 Å². The van der Waals surface area contributed by atoms with Gasteiger partial charge in [0.2, 0.25) is 0 Å². The molecule has 1 rings (SSSR count). The van der Waals surface area contributed by atoms with Gasteiger partial charge >= 0.3 is 30.0 Å². The van der Waals surface area contributed by atoms with Gasteiger partial charge in [0.25, 0.3) is 0 Å². The number of alkyl halides is 2. The van der Waals surface area contributed by atoms with Crippen molar-refractivity contribution in [1.82, 2.24) is 5.06 Å². The van der Waals surface area contributed by atoms with Crippen molar-refractivity contribution in [2.45, 2.75) is 181 Å². The maximum absolute atomic E-state index is 15.7. The normalized spacial score (nSPS) is 20.0. The first-order chi connectivity index (χ1) is 22.2. The molecule has 49 heavy (non-hydrogen) atoms. The second-order valence-electron chi connectivity index (χ2n) is 15.4. The van der Waals surface area contributed by atoms with Gasteiger partial charge in [-0.25, -0.2) is 4.84 Å². The zero-order chi connectivity index (χ0) is 38.0. The van der Waals surface area contributed by atoms with E-state index in [-0.39, 0.29) is 32.1 Å². The number of esters is 4. The van der Waals surface area contributed by atoms with Crippen molar-refractivity contribution in [1.29, 1.82) is 5.26 Å². The molecule has 0 aromatic rings. The number of carbonyl (C=O) groups is 4. The third-order valence-electron chi connectivity index (χ3n) is 8.59. The summed E-state index contributed by atoms with van der Waals surface area (Å²) in [6, 6.07) is 2.28. The monoisotopic (exact) mass is 704 g/mol. The highest BCUT2D eigenvalue weighted by Gasteiger charge is 2.49. The van der Waals surface area contributed by atoms with E-state index in [1.165, 1.54) is 19.1 Å². The topological polar surface area (TPSA) is 151 Å². The van der Waals surface area contributed by atoms with E-state index < -0.39 is 82.9 Å². The number of halogens is 2. The predicted molar refractivity (Wildman–Crippen MR) is 175 cm³/mol. The highest BCUT2D eigenvalue weighted by molar-refractivity contribution is 5.67. The largest absolute Gasteiger partial charge is 0.462 e. The molecule has 14 heteroatoms. The van der Waals surface area contributed by atoms with Crippen molar-refractivity contribution in [2.75, 3.05) is 7.11 Å². The number of ether oxygens (including phenoxy) is 5. The Kier molecular flexibility index (Phi) is 16.1. The fourth-order valence-corrected chi connectivity index (χ4v) is 6.88. The van der Waals surface area contributed by atoms with Crippen molar-refractivity contribution in [3.63, 3.8) is 0 Å². The lowest BCUT2D eigenvalue weighted by Crippen LogP contribution is -2.60.